The van der Waals surface area contributed by atoms with Gasteiger partial charge >= 0.3 is 0 Å². The van der Waals surface area contributed by atoms with Gasteiger partial charge in [0.05, 0.1) is 12.5 Å². The van der Waals surface area contributed by atoms with Gasteiger partial charge in [0.25, 0.3) is 0 Å². The number of hydrogen-bond donors (Lipinski definition) is 0. The Morgan fingerprint density at radius 3 is 2.72 bits per heavy atom. The van der Waals surface area contributed by atoms with Gasteiger partial charge in [-0.3, -0.25) is 9.59 Å². The highest BCUT2D eigenvalue weighted by Gasteiger charge is 2.35. The molecule has 1 aliphatic heterocycles. The zero-order chi connectivity index (χ0) is 17.8. The largest absolute Gasteiger partial charge is 0.342 e. The predicted octanol–water partition coefficient (Wildman–Crippen LogP) is 3.11. The van der Waals surface area contributed by atoms with Crippen molar-refractivity contribution in [2.45, 2.75) is 26.3 Å². The number of nitrogens with zero attached hydrogens (tertiary/aromatic N) is 2. The number of rotatable bonds is 6. The Bertz CT molecular complexity index is 741. The van der Waals surface area contributed by atoms with E-state index in [4.69, 9.17) is 0 Å². The van der Waals surface area contributed by atoms with Crippen molar-refractivity contribution in [3.05, 3.63) is 57.8 Å². The van der Waals surface area contributed by atoms with E-state index in [0.29, 0.717) is 26.1 Å². The van der Waals surface area contributed by atoms with Gasteiger partial charge < -0.3 is 9.80 Å². The van der Waals surface area contributed by atoms with Crippen LogP contribution in [0.25, 0.3) is 0 Å². The van der Waals surface area contributed by atoms with E-state index in [1.807, 2.05) is 35.5 Å². The second-order valence-electron chi connectivity index (χ2n) is 6.70. The van der Waals surface area contributed by atoms with Crippen molar-refractivity contribution in [3.63, 3.8) is 0 Å². The zero-order valence-electron chi connectivity index (χ0n) is 14.8. The first kappa shape index (κ1) is 17.7. The number of aryl methyl sites for hydroxylation is 1. The lowest BCUT2D eigenvalue weighted by Gasteiger charge is -2.21. The summed E-state index contributed by atoms with van der Waals surface area (Å²) in [5, 5.41) is 2.05. The summed E-state index contributed by atoms with van der Waals surface area (Å²) in [7, 11) is 1.83. The van der Waals surface area contributed by atoms with Crippen LogP contribution in [-0.4, -0.2) is 41.8 Å². The minimum absolute atomic E-state index is 0.0726. The number of amides is 2. The van der Waals surface area contributed by atoms with Crippen LogP contribution in [0.4, 0.5) is 0 Å². The molecular formula is C20H24N2O2S. The van der Waals surface area contributed by atoms with Crippen LogP contribution in [0.3, 0.4) is 0 Å². The molecule has 1 unspecified atom stereocenters. The number of hydrogen-bond acceptors (Lipinski definition) is 3. The Hall–Kier alpha value is -2.14. The number of benzene rings is 1. The molecule has 1 aromatic heterocycles. The fraction of sp³-hybridized carbons (Fsp3) is 0.400. The molecule has 0 saturated carbocycles. The maximum absolute atomic E-state index is 12.7. The number of carbonyl (C=O) groups is 2. The minimum Gasteiger partial charge on any atom is -0.342 e. The summed E-state index contributed by atoms with van der Waals surface area (Å²) in [5.41, 5.74) is 2.44. The SMILES string of the molecule is Cc1ccsc1CN(C)C(=O)C1CC(=O)N(CCc2ccccc2)C1. The summed E-state index contributed by atoms with van der Waals surface area (Å²) in [6.07, 6.45) is 1.17. The molecule has 4 nitrogen and oxygen atoms in total. The first-order valence-electron chi connectivity index (χ1n) is 8.64. The highest BCUT2D eigenvalue weighted by molar-refractivity contribution is 7.10. The van der Waals surface area contributed by atoms with Gasteiger partial charge in [0.15, 0.2) is 0 Å². The lowest BCUT2D eigenvalue weighted by molar-refractivity contribution is -0.135. The van der Waals surface area contributed by atoms with E-state index in [0.717, 1.165) is 6.42 Å². The Labute approximate surface area is 153 Å². The number of likely N-dealkylation sites (tertiary alicyclic amines) is 1. The second kappa shape index (κ2) is 7.83. The Morgan fingerprint density at radius 2 is 2.04 bits per heavy atom. The molecule has 0 spiro atoms. The highest BCUT2D eigenvalue weighted by Crippen LogP contribution is 2.23. The lowest BCUT2D eigenvalue weighted by atomic mass is 10.1. The fourth-order valence-corrected chi connectivity index (χ4v) is 4.19. The molecule has 0 bridgehead atoms. The Balaban J connectivity index is 1.54. The van der Waals surface area contributed by atoms with Gasteiger partial charge in [0, 0.05) is 31.4 Å². The van der Waals surface area contributed by atoms with Gasteiger partial charge in [-0.25, -0.2) is 0 Å². The lowest BCUT2D eigenvalue weighted by Crippen LogP contribution is -2.34. The smallest absolute Gasteiger partial charge is 0.228 e. The van der Waals surface area contributed by atoms with Crippen molar-refractivity contribution in [1.29, 1.82) is 0 Å². The van der Waals surface area contributed by atoms with Crippen LogP contribution in [0, 0.1) is 12.8 Å². The van der Waals surface area contributed by atoms with Crippen molar-refractivity contribution < 1.29 is 9.59 Å². The van der Waals surface area contributed by atoms with E-state index in [-0.39, 0.29) is 17.7 Å². The summed E-state index contributed by atoms with van der Waals surface area (Å²) in [6, 6.07) is 12.2. The Kier molecular flexibility index (Phi) is 5.53. The molecule has 0 aliphatic carbocycles. The van der Waals surface area contributed by atoms with Crippen LogP contribution in [0.15, 0.2) is 41.8 Å². The molecule has 0 radical (unpaired) electrons. The molecule has 2 heterocycles. The van der Waals surface area contributed by atoms with Crippen LogP contribution in [0.2, 0.25) is 0 Å². The summed E-state index contributed by atoms with van der Waals surface area (Å²) in [6.45, 7) is 3.91. The van der Waals surface area contributed by atoms with Crippen LogP contribution < -0.4 is 0 Å². The van der Waals surface area contributed by atoms with E-state index in [9.17, 15) is 9.59 Å². The molecule has 1 aliphatic rings. The molecule has 1 aromatic carbocycles. The average molecular weight is 356 g/mol. The molecule has 3 rings (SSSR count). The van der Waals surface area contributed by atoms with Crippen LogP contribution in [-0.2, 0) is 22.6 Å². The highest BCUT2D eigenvalue weighted by atomic mass is 32.1. The van der Waals surface area contributed by atoms with Gasteiger partial charge in [-0.05, 0) is 35.9 Å². The normalized spacial score (nSPS) is 17.1. The van der Waals surface area contributed by atoms with Gasteiger partial charge in [0.2, 0.25) is 11.8 Å². The predicted molar refractivity (Wildman–Crippen MR) is 100 cm³/mol. The van der Waals surface area contributed by atoms with Crippen molar-refractivity contribution in [3.8, 4) is 0 Å². The Morgan fingerprint density at radius 1 is 1.28 bits per heavy atom. The fourth-order valence-electron chi connectivity index (χ4n) is 3.23. The first-order valence-corrected chi connectivity index (χ1v) is 9.52. The third kappa shape index (κ3) is 4.28. The quantitative estimate of drug-likeness (QED) is 0.798. The minimum atomic E-state index is -0.214. The van der Waals surface area contributed by atoms with Crippen LogP contribution in [0.1, 0.15) is 22.4 Å². The van der Waals surface area contributed by atoms with E-state index < -0.39 is 0 Å². The molecule has 1 saturated heterocycles. The van der Waals surface area contributed by atoms with E-state index in [1.165, 1.54) is 16.0 Å². The van der Waals surface area contributed by atoms with Crippen molar-refractivity contribution >= 4 is 23.2 Å². The molecule has 0 N–H and O–H groups in total. The molecule has 1 fully saturated rings. The van der Waals surface area contributed by atoms with E-state index >= 15 is 0 Å². The van der Waals surface area contributed by atoms with Gasteiger partial charge in [-0.1, -0.05) is 30.3 Å². The summed E-state index contributed by atoms with van der Waals surface area (Å²) in [5.74, 6) is -0.0492. The number of carbonyl (C=O) groups excluding carboxylic acids is 2. The van der Waals surface area contributed by atoms with Crippen LogP contribution >= 0.6 is 11.3 Å². The molecule has 2 amide bonds. The van der Waals surface area contributed by atoms with E-state index in [2.05, 4.69) is 25.1 Å². The van der Waals surface area contributed by atoms with Gasteiger partial charge in [-0.2, -0.15) is 0 Å². The molecule has 1 atom stereocenters. The molecular weight excluding hydrogens is 332 g/mol. The third-order valence-corrected chi connectivity index (χ3v) is 5.81. The zero-order valence-corrected chi connectivity index (χ0v) is 15.6. The molecule has 2 aromatic rings. The summed E-state index contributed by atoms with van der Waals surface area (Å²) in [4.78, 5) is 29.8. The van der Waals surface area contributed by atoms with Crippen molar-refractivity contribution in [2.75, 3.05) is 20.1 Å². The van der Waals surface area contributed by atoms with Crippen LogP contribution in [0.5, 0.6) is 0 Å². The standard InChI is InChI=1S/C20H24N2O2S/c1-15-9-11-25-18(15)14-21(2)20(24)17-12-19(23)22(13-17)10-8-16-6-4-3-5-7-16/h3-7,9,11,17H,8,10,12-14H2,1-2H3. The van der Waals surface area contributed by atoms with Gasteiger partial charge in [-0.15, -0.1) is 11.3 Å². The topological polar surface area (TPSA) is 40.6 Å². The summed E-state index contributed by atoms with van der Waals surface area (Å²) >= 11 is 1.67. The van der Waals surface area contributed by atoms with E-state index in [1.54, 1.807) is 16.2 Å². The average Bonchev–Trinajstić information content (AvgIpc) is 3.19. The third-order valence-electron chi connectivity index (χ3n) is 4.80. The summed E-state index contributed by atoms with van der Waals surface area (Å²) < 4.78 is 0. The monoisotopic (exact) mass is 356 g/mol. The molecule has 5 heteroatoms. The maximum atomic E-state index is 12.7. The van der Waals surface area contributed by atoms with Crippen molar-refractivity contribution in [2.24, 2.45) is 5.92 Å². The molecule has 25 heavy (non-hydrogen) atoms. The second-order valence-corrected chi connectivity index (χ2v) is 7.70. The maximum Gasteiger partial charge on any atom is 0.228 e. The molecule has 132 valence electrons. The first-order chi connectivity index (χ1) is 12.0. The number of thiophene rings is 1. The van der Waals surface area contributed by atoms with Crippen molar-refractivity contribution in [1.82, 2.24) is 9.80 Å². The van der Waals surface area contributed by atoms with Gasteiger partial charge in [0.1, 0.15) is 0 Å².